The van der Waals surface area contributed by atoms with Crippen LogP contribution in [0, 0.1) is 5.92 Å². The van der Waals surface area contributed by atoms with Gasteiger partial charge < -0.3 is 15.1 Å². The van der Waals surface area contributed by atoms with Crippen LogP contribution >= 0.6 is 0 Å². The maximum atomic E-state index is 12.6. The summed E-state index contributed by atoms with van der Waals surface area (Å²) in [5, 5.41) is 16.2. The van der Waals surface area contributed by atoms with Crippen molar-refractivity contribution in [2.24, 2.45) is 5.92 Å². The molecule has 1 unspecified atom stereocenters. The van der Waals surface area contributed by atoms with Crippen molar-refractivity contribution in [2.75, 3.05) is 26.2 Å². The van der Waals surface area contributed by atoms with E-state index in [0.717, 1.165) is 32.4 Å². The number of aliphatic carboxylic acids is 1. The molecule has 2 aliphatic rings. The molecule has 2 rings (SSSR count). The summed E-state index contributed by atoms with van der Waals surface area (Å²) in [7, 11) is 0. The molecule has 138 valence electrons. The Morgan fingerprint density at radius 1 is 1.08 bits per heavy atom. The molecule has 0 aromatic heterocycles. The maximum Gasteiger partial charge on any atom is 0.320 e. The lowest BCUT2D eigenvalue weighted by atomic mass is 9.88. The number of carboxylic acids is 1. The fourth-order valence-electron chi connectivity index (χ4n) is 3.67. The zero-order chi connectivity index (χ0) is 17.9. The highest BCUT2D eigenvalue weighted by molar-refractivity contribution is 5.79. The zero-order valence-corrected chi connectivity index (χ0v) is 14.5. The van der Waals surface area contributed by atoms with Crippen LogP contribution in [-0.2, 0) is 14.4 Å². The highest BCUT2D eigenvalue weighted by atomic mass is 16.4. The normalized spacial score (nSPS) is 21.1. The number of carbonyl (C=O) groups excluding carboxylic acids is 1. The van der Waals surface area contributed by atoms with Crippen LogP contribution in [0.15, 0.2) is 0 Å². The van der Waals surface area contributed by atoms with E-state index in [0.29, 0.717) is 25.4 Å². The number of hydrogen-bond acceptors (Lipinski definition) is 4. The van der Waals surface area contributed by atoms with Gasteiger partial charge in [-0.05, 0) is 25.7 Å². The van der Waals surface area contributed by atoms with E-state index in [1.807, 2.05) is 16.7 Å². The van der Waals surface area contributed by atoms with Gasteiger partial charge in [-0.15, -0.1) is 0 Å². The topological polar surface area (TPSA) is 98.2 Å². The smallest absolute Gasteiger partial charge is 0.320 e. The van der Waals surface area contributed by atoms with E-state index in [4.69, 9.17) is 9.90 Å². The first kappa shape index (κ1) is 20.4. The number of rotatable bonds is 4. The third-order valence-electron chi connectivity index (χ3n) is 4.91. The van der Waals surface area contributed by atoms with Crippen molar-refractivity contribution in [3.8, 4) is 0 Å². The summed E-state index contributed by atoms with van der Waals surface area (Å²) < 4.78 is 0. The highest BCUT2D eigenvalue weighted by Gasteiger charge is 2.30. The van der Waals surface area contributed by atoms with E-state index in [-0.39, 0.29) is 12.4 Å². The van der Waals surface area contributed by atoms with E-state index in [2.05, 4.69) is 0 Å². The molecule has 1 aliphatic heterocycles. The van der Waals surface area contributed by atoms with Crippen LogP contribution in [0.3, 0.4) is 0 Å². The Balaban J connectivity index is 0.000000891. The molecular formula is C17H30N2O5. The van der Waals surface area contributed by atoms with Gasteiger partial charge in [0.15, 0.2) is 0 Å². The molecule has 7 nitrogen and oxygen atoms in total. The Kier molecular flexibility index (Phi) is 9.37. The average molecular weight is 342 g/mol. The molecule has 1 heterocycles. The fourth-order valence-corrected chi connectivity index (χ4v) is 3.67. The summed E-state index contributed by atoms with van der Waals surface area (Å²) in [6.45, 7) is 4.58. The van der Waals surface area contributed by atoms with Crippen LogP contribution in [0.2, 0.25) is 0 Å². The minimum Gasteiger partial charge on any atom is -0.483 e. The molecule has 24 heavy (non-hydrogen) atoms. The van der Waals surface area contributed by atoms with Gasteiger partial charge in [-0.25, -0.2) is 0 Å². The van der Waals surface area contributed by atoms with Crippen LogP contribution < -0.4 is 0 Å². The summed E-state index contributed by atoms with van der Waals surface area (Å²) in [5.74, 6) is -0.226. The van der Waals surface area contributed by atoms with Gasteiger partial charge in [-0.1, -0.05) is 26.2 Å². The Morgan fingerprint density at radius 2 is 1.71 bits per heavy atom. The zero-order valence-electron chi connectivity index (χ0n) is 14.5. The largest absolute Gasteiger partial charge is 0.483 e. The van der Waals surface area contributed by atoms with Crippen molar-refractivity contribution < 1.29 is 24.6 Å². The van der Waals surface area contributed by atoms with Crippen LogP contribution in [0.5, 0.6) is 0 Å². The number of carbonyl (C=O) groups is 3. The van der Waals surface area contributed by atoms with Gasteiger partial charge in [-0.3, -0.25) is 19.3 Å². The van der Waals surface area contributed by atoms with Gasteiger partial charge in [-0.2, -0.15) is 0 Å². The Labute approximate surface area is 143 Å². The van der Waals surface area contributed by atoms with Gasteiger partial charge in [0.1, 0.15) is 6.04 Å². The third kappa shape index (κ3) is 6.11. The molecule has 7 heteroatoms. The van der Waals surface area contributed by atoms with Gasteiger partial charge in [0.2, 0.25) is 5.91 Å². The predicted molar refractivity (Wildman–Crippen MR) is 89.8 cm³/mol. The molecule has 2 N–H and O–H groups in total. The number of nitrogens with zero attached hydrogens (tertiary/aromatic N) is 2. The summed E-state index contributed by atoms with van der Waals surface area (Å²) in [6, 6.07) is -0.408. The molecule has 1 amide bonds. The summed E-state index contributed by atoms with van der Waals surface area (Å²) in [6.07, 6.45) is 7.17. The quantitative estimate of drug-likeness (QED) is 0.754. The molecule has 0 spiro atoms. The molecule has 1 saturated heterocycles. The highest BCUT2D eigenvalue weighted by Crippen LogP contribution is 2.26. The third-order valence-corrected chi connectivity index (χ3v) is 4.91. The lowest BCUT2D eigenvalue weighted by Crippen LogP contribution is -2.44. The first-order valence-corrected chi connectivity index (χ1v) is 8.88. The van der Waals surface area contributed by atoms with Crippen LogP contribution in [0.25, 0.3) is 0 Å². The maximum absolute atomic E-state index is 12.6. The van der Waals surface area contributed by atoms with E-state index < -0.39 is 12.0 Å². The lowest BCUT2D eigenvalue weighted by Gasteiger charge is -2.29. The fraction of sp³-hybridized carbons (Fsp3) is 0.824. The van der Waals surface area contributed by atoms with E-state index >= 15 is 0 Å². The molecule has 1 atom stereocenters. The number of amides is 1. The minimum absolute atomic E-state index is 0.215. The molecule has 0 bridgehead atoms. The van der Waals surface area contributed by atoms with Gasteiger partial charge >= 0.3 is 5.97 Å². The van der Waals surface area contributed by atoms with Gasteiger partial charge in [0.05, 0.1) is 0 Å². The molecular weight excluding hydrogens is 312 g/mol. The monoisotopic (exact) mass is 342 g/mol. The Bertz CT molecular complexity index is 410. The predicted octanol–water partition coefficient (Wildman–Crippen LogP) is 1.66. The van der Waals surface area contributed by atoms with Crippen molar-refractivity contribution in [2.45, 2.75) is 57.9 Å². The van der Waals surface area contributed by atoms with E-state index in [1.165, 1.54) is 19.3 Å². The summed E-state index contributed by atoms with van der Waals surface area (Å²) >= 11 is 0. The molecule has 0 aromatic rings. The van der Waals surface area contributed by atoms with E-state index in [1.54, 1.807) is 0 Å². The molecule has 0 aromatic carbocycles. The minimum atomic E-state index is -0.746. The lowest BCUT2D eigenvalue weighted by molar-refractivity contribution is -0.143. The summed E-state index contributed by atoms with van der Waals surface area (Å²) in [5.41, 5.74) is 0. The van der Waals surface area contributed by atoms with Gasteiger partial charge in [0, 0.05) is 32.1 Å². The Hall–Kier alpha value is -1.63. The van der Waals surface area contributed by atoms with Crippen LogP contribution in [0.1, 0.15) is 51.9 Å². The number of hydrogen-bond donors (Lipinski definition) is 2. The second-order valence-electron chi connectivity index (χ2n) is 6.42. The van der Waals surface area contributed by atoms with Crippen molar-refractivity contribution in [3.05, 3.63) is 0 Å². The second-order valence-corrected chi connectivity index (χ2v) is 6.42. The van der Waals surface area contributed by atoms with Crippen LogP contribution in [-0.4, -0.2) is 70.6 Å². The standard InChI is InChI=1S/C16H28N2O3.CH2O2/c1-2-14(16(20)21)17-9-6-10-18(12-11-17)15(19)13-7-4-3-5-8-13;2-1-3/h13-14H,2-12H2,1H3,(H,20,21);1H,(H,2,3). The van der Waals surface area contributed by atoms with Crippen molar-refractivity contribution in [3.63, 3.8) is 0 Å². The summed E-state index contributed by atoms with van der Waals surface area (Å²) in [4.78, 5) is 36.2. The molecule has 0 radical (unpaired) electrons. The van der Waals surface area contributed by atoms with Crippen molar-refractivity contribution >= 4 is 18.3 Å². The van der Waals surface area contributed by atoms with Crippen LogP contribution in [0.4, 0.5) is 0 Å². The first-order valence-electron chi connectivity index (χ1n) is 8.88. The van der Waals surface area contributed by atoms with Gasteiger partial charge in [0.25, 0.3) is 6.47 Å². The molecule has 1 aliphatic carbocycles. The first-order chi connectivity index (χ1) is 11.5. The Morgan fingerprint density at radius 3 is 2.25 bits per heavy atom. The number of carboxylic acid groups (broad SMARTS) is 2. The van der Waals surface area contributed by atoms with Crippen molar-refractivity contribution in [1.29, 1.82) is 0 Å². The SMILES string of the molecule is CCC(C(=O)O)N1CCCN(C(=O)C2CCCCC2)CC1.O=CO. The van der Waals surface area contributed by atoms with Crippen molar-refractivity contribution in [1.82, 2.24) is 9.80 Å². The molecule has 1 saturated carbocycles. The average Bonchev–Trinajstić information content (AvgIpc) is 2.82. The molecule has 2 fully saturated rings. The second kappa shape index (κ2) is 11.0. The van der Waals surface area contributed by atoms with E-state index in [9.17, 15) is 14.7 Å².